The Morgan fingerprint density at radius 3 is 2.10 bits per heavy atom. The van der Waals surface area contributed by atoms with Gasteiger partial charge in [-0.1, -0.05) is 53.3 Å². The largest absolute Gasteiger partial charge is 0.481 e. The third-order valence-electron chi connectivity index (χ3n) is 3.25. The van der Waals surface area contributed by atoms with Crippen molar-refractivity contribution < 1.29 is 9.90 Å². The summed E-state index contributed by atoms with van der Waals surface area (Å²) in [5, 5.41) is 10.3. The predicted molar refractivity (Wildman–Crippen MR) is 84.3 cm³/mol. The molecule has 0 spiro atoms. The van der Waals surface area contributed by atoms with Gasteiger partial charge in [-0.15, -0.1) is 0 Å². The molecule has 0 amide bonds. The molecule has 0 aliphatic rings. The number of hydrogen-bond acceptors (Lipinski definition) is 2. The minimum Gasteiger partial charge on any atom is -0.481 e. The standard InChI is InChI=1S/C13H15Cl4NO2/c1-2-6(3-7(5-18)13(19)20)10-11(16)8(14)4-9(15)12(10)17/h4,6-7H,2-3,5,18H2,1H3,(H,19,20). The molecule has 0 heterocycles. The van der Waals surface area contributed by atoms with E-state index in [0.717, 1.165) is 0 Å². The molecule has 7 heteroatoms. The fourth-order valence-corrected chi connectivity index (χ4v) is 3.21. The molecule has 1 rings (SSSR count). The Balaban J connectivity index is 3.22. The molecule has 0 radical (unpaired) electrons. The van der Waals surface area contributed by atoms with Gasteiger partial charge >= 0.3 is 5.97 Å². The summed E-state index contributed by atoms with van der Waals surface area (Å²) >= 11 is 24.4. The highest BCUT2D eigenvalue weighted by Crippen LogP contribution is 2.43. The van der Waals surface area contributed by atoms with E-state index < -0.39 is 11.9 Å². The summed E-state index contributed by atoms with van der Waals surface area (Å²) in [4.78, 5) is 11.1. The van der Waals surface area contributed by atoms with Crippen molar-refractivity contribution in [1.82, 2.24) is 0 Å². The van der Waals surface area contributed by atoms with Gasteiger partial charge in [0.15, 0.2) is 0 Å². The molecule has 0 saturated carbocycles. The van der Waals surface area contributed by atoms with E-state index in [2.05, 4.69) is 0 Å². The van der Waals surface area contributed by atoms with Crippen LogP contribution in [0.15, 0.2) is 6.07 Å². The molecule has 1 aromatic rings. The summed E-state index contributed by atoms with van der Waals surface area (Å²) in [5.41, 5.74) is 6.08. The molecule has 0 aliphatic heterocycles. The Morgan fingerprint density at radius 2 is 1.75 bits per heavy atom. The van der Waals surface area contributed by atoms with Gasteiger partial charge in [0.2, 0.25) is 0 Å². The first-order valence-electron chi connectivity index (χ1n) is 6.09. The molecule has 0 saturated heterocycles. The predicted octanol–water partition coefficient (Wildman–Crippen LogP) is 4.84. The number of halogens is 4. The minimum atomic E-state index is -0.939. The molecule has 0 aromatic heterocycles. The minimum absolute atomic E-state index is 0.0510. The van der Waals surface area contributed by atoms with Crippen LogP contribution in [0.3, 0.4) is 0 Å². The van der Waals surface area contributed by atoms with Gasteiger partial charge in [0.05, 0.1) is 26.0 Å². The lowest BCUT2D eigenvalue weighted by Crippen LogP contribution is -2.25. The summed E-state index contributed by atoms with van der Waals surface area (Å²) in [6.07, 6.45) is 0.984. The van der Waals surface area contributed by atoms with Crippen LogP contribution in [0.2, 0.25) is 20.1 Å². The van der Waals surface area contributed by atoms with E-state index in [-0.39, 0.29) is 12.5 Å². The first-order chi connectivity index (χ1) is 9.33. The average Bonchev–Trinajstić information content (AvgIpc) is 2.40. The molecular weight excluding hydrogens is 344 g/mol. The maximum atomic E-state index is 11.1. The number of benzene rings is 1. The van der Waals surface area contributed by atoms with Crippen molar-refractivity contribution >= 4 is 52.4 Å². The topological polar surface area (TPSA) is 63.3 Å². The molecule has 112 valence electrons. The molecule has 3 nitrogen and oxygen atoms in total. The maximum absolute atomic E-state index is 11.1. The van der Waals surface area contributed by atoms with Crippen molar-refractivity contribution in [1.29, 1.82) is 0 Å². The summed E-state index contributed by atoms with van der Waals surface area (Å²) in [6, 6.07) is 1.47. The highest BCUT2D eigenvalue weighted by molar-refractivity contribution is 6.48. The number of carboxylic acids is 1. The smallest absolute Gasteiger partial charge is 0.307 e. The van der Waals surface area contributed by atoms with E-state index in [1.807, 2.05) is 6.92 Å². The SMILES string of the molecule is CCC(CC(CN)C(=O)O)c1c(Cl)c(Cl)cc(Cl)c1Cl. The molecule has 2 unspecified atom stereocenters. The molecule has 0 fully saturated rings. The van der Waals surface area contributed by atoms with Gasteiger partial charge in [0.25, 0.3) is 0 Å². The third kappa shape index (κ3) is 3.92. The Labute approximate surface area is 137 Å². The molecular formula is C13H15Cl4NO2. The lowest BCUT2D eigenvalue weighted by atomic mass is 9.86. The highest BCUT2D eigenvalue weighted by Gasteiger charge is 2.26. The van der Waals surface area contributed by atoms with Gasteiger partial charge in [-0.25, -0.2) is 0 Å². The van der Waals surface area contributed by atoms with Crippen LogP contribution in [0.4, 0.5) is 0 Å². The van der Waals surface area contributed by atoms with Crippen LogP contribution in [-0.4, -0.2) is 17.6 Å². The second-order valence-corrected chi connectivity index (χ2v) is 6.06. The lowest BCUT2D eigenvalue weighted by Gasteiger charge is -2.22. The molecule has 0 bridgehead atoms. The Bertz CT molecular complexity index is 481. The van der Waals surface area contributed by atoms with Crippen molar-refractivity contribution in [3.63, 3.8) is 0 Å². The van der Waals surface area contributed by atoms with Gasteiger partial charge in [-0.3, -0.25) is 4.79 Å². The Hall–Kier alpha value is -0.190. The van der Waals surface area contributed by atoms with Crippen LogP contribution in [-0.2, 0) is 4.79 Å². The monoisotopic (exact) mass is 357 g/mol. The Morgan fingerprint density at radius 1 is 1.25 bits per heavy atom. The fourth-order valence-electron chi connectivity index (χ4n) is 2.08. The summed E-state index contributed by atoms with van der Waals surface area (Å²) in [5.74, 6) is -1.77. The van der Waals surface area contributed by atoms with Crippen molar-refractivity contribution in [2.75, 3.05) is 6.54 Å². The molecule has 0 aliphatic carbocycles. The fraction of sp³-hybridized carbons (Fsp3) is 0.462. The van der Waals surface area contributed by atoms with E-state index >= 15 is 0 Å². The Kier molecular flexibility index (Phi) is 6.89. The quantitative estimate of drug-likeness (QED) is 0.715. The van der Waals surface area contributed by atoms with Gasteiger partial charge < -0.3 is 10.8 Å². The molecule has 3 N–H and O–H groups in total. The third-order valence-corrected chi connectivity index (χ3v) is 4.85. The summed E-state index contributed by atoms with van der Waals surface area (Å²) < 4.78 is 0. The number of nitrogens with two attached hydrogens (primary N) is 1. The van der Waals surface area contributed by atoms with Crippen LogP contribution < -0.4 is 5.73 Å². The van der Waals surface area contributed by atoms with Crippen molar-refractivity contribution in [2.24, 2.45) is 11.7 Å². The van der Waals surface area contributed by atoms with E-state index in [1.54, 1.807) is 0 Å². The number of rotatable bonds is 6. The van der Waals surface area contributed by atoms with Crippen LogP contribution in [0.25, 0.3) is 0 Å². The van der Waals surface area contributed by atoms with Crippen molar-refractivity contribution in [3.05, 3.63) is 31.7 Å². The van der Waals surface area contributed by atoms with Gasteiger partial charge in [-0.05, 0) is 30.4 Å². The van der Waals surface area contributed by atoms with Gasteiger partial charge in [-0.2, -0.15) is 0 Å². The van der Waals surface area contributed by atoms with E-state index in [1.165, 1.54) is 6.07 Å². The lowest BCUT2D eigenvalue weighted by molar-refractivity contribution is -0.141. The van der Waals surface area contributed by atoms with E-state index in [0.29, 0.717) is 38.5 Å². The number of carbonyl (C=O) groups is 1. The average molecular weight is 359 g/mol. The zero-order valence-corrected chi connectivity index (χ0v) is 13.8. The summed E-state index contributed by atoms with van der Waals surface area (Å²) in [7, 11) is 0. The van der Waals surface area contributed by atoms with Gasteiger partial charge in [0.1, 0.15) is 0 Å². The number of carboxylic acid groups (broad SMARTS) is 1. The normalized spacial score (nSPS) is 14.1. The highest BCUT2D eigenvalue weighted by atomic mass is 35.5. The van der Waals surface area contributed by atoms with E-state index in [4.69, 9.17) is 57.2 Å². The zero-order chi connectivity index (χ0) is 15.4. The van der Waals surface area contributed by atoms with Crippen LogP contribution in [0.1, 0.15) is 31.2 Å². The zero-order valence-electron chi connectivity index (χ0n) is 10.8. The number of hydrogen-bond donors (Lipinski definition) is 2. The molecule has 20 heavy (non-hydrogen) atoms. The van der Waals surface area contributed by atoms with Gasteiger partial charge in [0, 0.05) is 6.54 Å². The van der Waals surface area contributed by atoms with Crippen LogP contribution in [0, 0.1) is 5.92 Å². The number of aliphatic carboxylic acids is 1. The first kappa shape index (κ1) is 17.9. The first-order valence-corrected chi connectivity index (χ1v) is 7.60. The van der Waals surface area contributed by atoms with Crippen molar-refractivity contribution in [3.8, 4) is 0 Å². The molecule has 1 aromatic carbocycles. The van der Waals surface area contributed by atoms with Crippen LogP contribution >= 0.6 is 46.4 Å². The second-order valence-electron chi connectivity index (χ2n) is 4.49. The van der Waals surface area contributed by atoms with Crippen molar-refractivity contribution in [2.45, 2.75) is 25.7 Å². The van der Waals surface area contributed by atoms with E-state index in [9.17, 15) is 4.79 Å². The summed E-state index contributed by atoms with van der Waals surface area (Å²) in [6.45, 7) is 1.97. The van der Waals surface area contributed by atoms with Crippen LogP contribution in [0.5, 0.6) is 0 Å². The molecule has 2 atom stereocenters. The second kappa shape index (κ2) is 7.71. The maximum Gasteiger partial charge on any atom is 0.307 e.